The first-order valence-corrected chi connectivity index (χ1v) is 19.1. The first-order chi connectivity index (χ1) is 26.3. The second-order valence-corrected chi connectivity index (χ2v) is 14.5. The van der Waals surface area contributed by atoms with Crippen LogP contribution in [0.4, 0.5) is 5.69 Å². The summed E-state index contributed by atoms with van der Waals surface area (Å²) in [5.74, 6) is -5.04. The smallest absolute Gasteiger partial charge is 0.300 e. The van der Waals surface area contributed by atoms with E-state index in [1.165, 1.54) is 54.5 Å². The molecular weight excluding hydrogens is 756 g/mol. The molecule has 1 aliphatic rings. The van der Waals surface area contributed by atoms with Gasteiger partial charge >= 0.3 is 0 Å². The number of hydrogen-bond acceptors (Lipinski definition) is 12. The van der Waals surface area contributed by atoms with Crippen LogP contribution in [0.25, 0.3) is 0 Å². The van der Waals surface area contributed by atoms with Gasteiger partial charge in [-0.05, 0) is 55.9 Å². The Morgan fingerprint density at radius 2 is 1.50 bits per heavy atom. The lowest BCUT2D eigenvalue weighted by Crippen LogP contribution is -2.57. The number of carboxylic acid groups (broad SMARTS) is 1. The van der Waals surface area contributed by atoms with Crippen LogP contribution in [0.15, 0.2) is 48.5 Å². The summed E-state index contributed by atoms with van der Waals surface area (Å²) in [6, 6.07) is 5.78. The summed E-state index contributed by atoms with van der Waals surface area (Å²) >= 11 is 0. The zero-order valence-corrected chi connectivity index (χ0v) is 31.9. The summed E-state index contributed by atoms with van der Waals surface area (Å²) in [4.78, 5) is 98.3. The summed E-state index contributed by atoms with van der Waals surface area (Å²) in [5, 5.41) is 38.0. The van der Waals surface area contributed by atoms with E-state index in [1.807, 2.05) is 0 Å². The van der Waals surface area contributed by atoms with Crippen molar-refractivity contribution in [1.82, 2.24) is 26.2 Å². The number of primary amides is 1. The SMILES string of the molecule is CC(=O)O.CC(NC(=O)C(Cc1ccc([N+](=O)[O-])cc1)NC(=O)CNC(=O)C(CCS(C)=O)NC(=O)C(N)Cc1ccc(O)cc1)C(=O)N1CCCC1C(N)=O. The number of aromatic hydroxyl groups is 1. The van der Waals surface area contributed by atoms with Crippen molar-refractivity contribution in [3.8, 4) is 5.75 Å². The lowest BCUT2D eigenvalue weighted by atomic mass is 10.0. The molecule has 0 saturated carbocycles. The van der Waals surface area contributed by atoms with Gasteiger partial charge in [-0.2, -0.15) is 0 Å². The Hall–Kier alpha value is -5.96. The first kappa shape index (κ1) is 46.2. The molecule has 0 aliphatic carbocycles. The van der Waals surface area contributed by atoms with Crippen LogP contribution < -0.4 is 32.7 Å². The minimum atomic E-state index is -1.32. The van der Waals surface area contributed by atoms with E-state index >= 15 is 0 Å². The van der Waals surface area contributed by atoms with Gasteiger partial charge in [0.05, 0.1) is 17.5 Å². The predicted molar refractivity (Wildman–Crippen MR) is 202 cm³/mol. The van der Waals surface area contributed by atoms with Crippen molar-refractivity contribution < 1.29 is 52.9 Å². The van der Waals surface area contributed by atoms with Crippen molar-refractivity contribution in [2.24, 2.45) is 11.5 Å². The van der Waals surface area contributed by atoms with Gasteiger partial charge in [-0.1, -0.05) is 24.3 Å². The van der Waals surface area contributed by atoms with Gasteiger partial charge in [0.15, 0.2) is 0 Å². The number of nitrogens with one attached hydrogen (secondary N) is 4. The van der Waals surface area contributed by atoms with Crippen molar-refractivity contribution in [3.05, 3.63) is 69.8 Å². The summed E-state index contributed by atoms with van der Waals surface area (Å²) in [6.45, 7) is 2.12. The first-order valence-electron chi connectivity index (χ1n) is 17.3. The molecule has 6 atom stereocenters. The van der Waals surface area contributed by atoms with Crippen LogP contribution in [0.1, 0.15) is 44.2 Å². The summed E-state index contributed by atoms with van der Waals surface area (Å²) in [7, 11) is -1.32. The number of carboxylic acids is 1. The van der Waals surface area contributed by atoms with Crippen LogP contribution in [0.2, 0.25) is 0 Å². The molecule has 1 saturated heterocycles. The molecule has 0 bridgehead atoms. The molecule has 3 rings (SSSR count). The Bertz CT molecular complexity index is 1760. The fraction of sp³-hybridized carbons (Fsp3) is 0.457. The van der Waals surface area contributed by atoms with Crippen LogP contribution in [-0.2, 0) is 57.2 Å². The van der Waals surface area contributed by atoms with Crippen molar-refractivity contribution in [2.75, 3.05) is 25.1 Å². The molecule has 306 valence electrons. The second kappa shape index (κ2) is 22.4. The third-order valence-electron chi connectivity index (χ3n) is 8.31. The molecule has 10 N–H and O–H groups in total. The van der Waals surface area contributed by atoms with Gasteiger partial charge in [0.2, 0.25) is 35.4 Å². The molecule has 6 unspecified atom stereocenters. The number of amides is 6. The summed E-state index contributed by atoms with van der Waals surface area (Å²) in [6.07, 6.45) is 2.26. The number of phenols is 1. The molecule has 1 heterocycles. The summed E-state index contributed by atoms with van der Waals surface area (Å²) in [5.41, 5.74) is 12.4. The average molecular weight is 805 g/mol. The number of aliphatic carboxylic acids is 1. The Kier molecular flexibility index (Phi) is 18.5. The van der Waals surface area contributed by atoms with Crippen LogP contribution in [-0.4, -0.2) is 121 Å². The van der Waals surface area contributed by atoms with E-state index in [1.54, 1.807) is 12.1 Å². The van der Waals surface area contributed by atoms with E-state index in [0.29, 0.717) is 24.0 Å². The van der Waals surface area contributed by atoms with Gasteiger partial charge in [-0.15, -0.1) is 0 Å². The average Bonchev–Trinajstić information content (AvgIpc) is 3.63. The number of rotatable bonds is 18. The Balaban J connectivity index is 0.00000258. The molecule has 2 aromatic rings. The highest BCUT2D eigenvalue weighted by atomic mass is 32.2. The number of carbonyl (C=O) groups excluding carboxylic acids is 6. The van der Waals surface area contributed by atoms with E-state index in [2.05, 4.69) is 21.3 Å². The van der Waals surface area contributed by atoms with Gasteiger partial charge in [0.25, 0.3) is 11.7 Å². The molecular formula is C35H48N8O12S. The van der Waals surface area contributed by atoms with Crippen LogP contribution >= 0.6 is 0 Å². The maximum absolute atomic E-state index is 13.4. The number of nitro benzene ring substituents is 1. The van der Waals surface area contributed by atoms with Crippen molar-refractivity contribution >= 4 is 57.9 Å². The minimum Gasteiger partial charge on any atom is -0.508 e. The number of carbonyl (C=O) groups is 7. The number of hydrogen-bond donors (Lipinski definition) is 8. The number of nitro groups is 1. The standard InChI is InChI=1S/C33H44N8O10S.C2H4O2/c1-19(33(48)40-14-3-4-27(40)29(35)44)37-32(47)26(17-21-5-9-22(10-6-21)41(49)50)38-28(43)18-36-31(46)25(13-15-52(2)51)39-30(45)24(34)16-20-7-11-23(42)12-8-20;1-2(3)4/h5-12,19,24-27,42H,3-4,13-18,34H2,1-2H3,(H2,35,44)(H,36,46)(H,37,47)(H,38,43)(H,39,45);1H3,(H,3,4). The van der Waals surface area contributed by atoms with Gasteiger partial charge < -0.3 is 47.8 Å². The van der Waals surface area contributed by atoms with Crippen molar-refractivity contribution in [1.29, 1.82) is 0 Å². The topological polar surface area (TPSA) is 324 Å². The quantitative estimate of drug-likeness (QED) is 0.0619. The Morgan fingerprint density at radius 1 is 0.929 bits per heavy atom. The van der Waals surface area contributed by atoms with Gasteiger partial charge in [-0.3, -0.25) is 47.9 Å². The van der Waals surface area contributed by atoms with E-state index in [0.717, 1.165) is 6.92 Å². The zero-order chi connectivity index (χ0) is 42.1. The summed E-state index contributed by atoms with van der Waals surface area (Å²) < 4.78 is 11.8. The molecule has 20 nitrogen and oxygen atoms in total. The molecule has 1 aliphatic heterocycles. The van der Waals surface area contributed by atoms with Crippen LogP contribution in [0.5, 0.6) is 5.75 Å². The minimum absolute atomic E-state index is 0.0374. The van der Waals surface area contributed by atoms with E-state index in [4.69, 9.17) is 21.4 Å². The number of nitrogens with two attached hydrogens (primary N) is 2. The lowest BCUT2D eigenvalue weighted by molar-refractivity contribution is -0.384. The Labute approximate surface area is 324 Å². The highest BCUT2D eigenvalue weighted by Crippen LogP contribution is 2.18. The normalized spacial score (nSPS) is 16.0. The van der Waals surface area contributed by atoms with Gasteiger partial charge in [0.1, 0.15) is 29.9 Å². The number of nitrogens with zero attached hydrogens (tertiary/aromatic N) is 2. The van der Waals surface area contributed by atoms with Crippen LogP contribution in [0.3, 0.4) is 0 Å². The highest BCUT2D eigenvalue weighted by Gasteiger charge is 2.36. The molecule has 2 aromatic carbocycles. The van der Waals surface area contributed by atoms with Gasteiger partial charge in [0, 0.05) is 54.8 Å². The molecule has 0 aromatic heterocycles. The molecule has 0 radical (unpaired) electrons. The fourth-order valence-corrected chi connectivity index (χ4v) is 6.06. The molecule has 0 spiro atoms. The van der Waals surface area contributed by atoms with E-state index < -0.39 is 93.9 Å². The molecule has 1 fully saturated rings. The zero-order valence-electron chi connectivity index (χ0n) is 31.1. The fourth-order valence-electron chi connectivity index (χ4n) is 5.50. The molecule has 21 heteroatoms. The molecule has 56 heavy (non-hydrogen) atoms. The maximum Gasteiger partial charge on any atom is 0.300 e. The van der Waals surface area contributed by atoms with E-state index in [9.17, 15) is 48.2 Å². The van der Waals surface area contributed by atoms with E-state index in [-0.39, 0.29) is 43.0 Å². The predicted octanol–water partition coefficient (Wildman–Crippen LogP) is -1.66. The number of benzene rings is 2. The third kappa shape index (κ3) is 15.8. The maximum atomic E-state index is 13.4. The van der Waals surface area contributed by atoms with Gasteiger partial charge in [-0.25, -0.2) is 0 Å². The monoisotopic (exact) mass is 804 g/mol. The third-order valence-corrected chi connectivity index (χ3v) is 9.12. The second-order valence-electron chi connectivity index (χ2n) is 12.9. The number of likely N-dealkylation sites (tertiary alicyclic amines) is 1. The molecule has 6 amide bonds. The number of non-ortho nitro benzene ring substituents is 1. The number of phenolic OH excluding ortho intramolecular Hbond substituents is 1. The van der Waals surface area contributed by atoms with Crippen molar-refractivity contribution in [3.63, 3.8) is 0 Å². The van der Waals surface area contributed by atoms with Crippen LogP contribution in [0, 0.1) is 10.1 Å². The Morgan fingerprint density at radius 3 is 2.05 bits per heavy atom. The highest BCUT2D eigenvalue weighted by molar-refractivity contribution is 7.84. The largest absolute Gasteiger partial charge is 0.508 e. The lowest BCUT2D eigenvalue weighted by Gasteiger charge is -2.27. The van der Waals surface area contributed by atoms with Crippen molar-refractivity contribution in [2.45, 2.75) is 76.2 Å².